The van der Waals surface area contributed by atoms with Crippen molar-refractivity contribution in [2.75, 3.05) is 12.3 Å². The Labute approximate surface area is 121 Å². The maximum atomic E-state index is 11.4. The summed E-state index contributed by atoms with van der Waals surface area (Å²) < 4.78 is 5.68. The van der Waals surface area contributed by atoms with Crippen LogP contribution < -0.4 is 5.32 Å². The Hall–Kier alpha value is -1.46. The van der Waals surface area contributed by atoms with E-state index in [9.17, 15) is 9.90 Å². The van der Waals surface area contributed by atoms with Gasteiger partial charge in [0.05, 0.1) is 6.54 Å². The van der Waals surface area contributed by atoms with Crippen molar-refractivity contribution in [1.82, 2.24) is 5.32 Å². The first kappa shape index (κ1) is 13.5. The average Bonchev–Trinajstić information content (AvgIpc) is 3.05. The van der Waals surface area contributed by atoms with Gasteiger partial charge in [0.2, 0.25) is 0 Å². The van der Waals surface area contributed by atoms with Gasteiger partial charge in [-0.1, -0.05) is 18.2 Å². The number of furan rings is 1. The number of thioether (sulfide) groups is 1. The van der Waals surface area contributed by atoms with Crippen LogP contribution in [0.2, 0.25) is 0 Å². The highest BCUT2D eigenvalue weighted by Crippen LogP contribution is 2.27. The molecule has 2 N–H and O–H groups in total. The van der Waals surface area contributed by atoms with Gasteiger partial charge < -0.3 is 14.8 Å². The van der Waals surface area contributed by atoms with Gasteiger partial charge in [-0.25, -0.2) is 4.79 Å². The van der Waals surface area contributed by atoms with Gasteiger partial charge in [-0.05, 0) is 24.7 Å². The van der Waals surface area contributed by atoms with E-state index in [1.54, 1.807) is 12.1 Å². The van der Waals surface area contributed by atoms with E-state index in [2.05, 4.69) is 5.32 Å². The number of benzene rings is 1. The maximum absolute atomic E-state index is 11.4. The van der Waals surface area contributed by atoms with Gasteiger partial charge in [-0.2, -0.15) is 11.8 Å². The molecular weight excluding hydrogens is 274 g/mol. The molecule has 0 bridgehead atoms. The summed E-state index contributed by atoms with van der Waals surface area (Å²) in [6.07, 6.45) is 2.52. The van der Waals surface area contributed by atoms with Crippen LogP contribution in [0.1, 0.15) is 29.0 Å². The Kier molecular flexibility index (Phi) is 3.98. The standard InChI is InChI=1S/C15H17NO3S/c17-15(18)14-11-5-1-2-6-12(11)19-13(14)9-16-8-10-4-3-7-20-10/h1-2,5-6,10,16H,3-4,7-9H2,(H,17,18). The SMILES string of the molecule is O=C(O)c1c(CNCC2CCCS2)oc2ccccc12. The molecule has 106 valence electrons. The Morgan fingerprint density at radius 1 is 1.45 bits per heavy atom. The van der Waals surface area contributed by atoms with E-state index in [0.717, 1.165) is 6.54 Å². The molecule has 4 nitrogen and oxygen atoms in total. The smallest absolute Gasteiger partial charge is 0.339 e. The number of rotatable bonds is 5. The van der Waals surface area contributed by atoms with Crippen molar-refractivity contribution in [3.63, 3.8) is 0 Å². The van der Waals surface area contributed by atoms with Crippen molar-refractivity contribution in [3.05, 3.63) is 35.6 Å². The number of nitrogens with one attached hydrogen (secondary N) is 1. The van der Waals surface area contributed by atoms with E-state index in [1.165, 1.54) is 18.6 Å². The van der Waals surface area contributed by atoms with Gasteiger partial charge in [0.15, 0.2) is 0 Å². The van der Waals surface area contributed by atoms with E-state index in [4.69, 9.17) is 4.42 Å². The minimum Gasteiger partial charge on any atom is -0.478 e. The van der Waals surface area contributed by atoms with Crippen LogP contribution in [0, 0.1) is 0 Å². The van der Waals surface area contributed by atoms with Crippen LogP contribution >= 0.6 is 11.8 Å². The van der Waals surface area contributed by atoms with Crippen LogP contribution in [0.5, 0.6) is 0 Å². The lowest BCUT2D eigenvalue weighted by Crippen LogP contribution is -2.23. The molecule has 1 aromatic heterocycles. The van der Waals surface area contributed by atoms with Crippen LogP contribution in [0.25, 0.3) is 11.0 Å². The van der Waals surface area contributed by atoms with E-state index >= 15 is 0 Å². The predicted octanol–water partition coefficient (Wildman–Crippen LogP) is 3.12. The second-order valence-electron chi connectivity index (χ2n) is 4.97. The molecular formula is C15H17NO3S. The summed E-state index contributed by atoms with van der Waals surface area (Å²) in [4.78, 5) is 11.4. The fraction of sp³-hybridized carbons (Fsp3) is 0.400. The molecule has 1 atom stereocenters. The monoisotopic (exact) mass is 291 g/mol. The highest BCUT2D eigenvalue weighted by Gasteiger charge is 2.20. The lowest BCUT2D eigenvalue weighted by atomic mass is 10.1. The number of carbonyl (C=O) groups is 1. The zero-order chi connectivity index (χ0) is 13.9. The molecule has 2 aromatic rings. The molecule has 0 amide bonds. The molecule has 1 unspecified atom stereocenters. The van der Waals surface area contributed by atoms with Crippen LogP contribution in [-0.2, 0) is 6.54 Å². The Morgan fingerprint density at radius 2 is 2.30 bits per heavy atom. The van der Waals surface area contributed by atoms with Gasteiger partial charge in [0, 0.05) is 17.2 Å². The summed E-state index contributed by atoms with van der Waals surface area (Å²) in [5.74, 6) is 0.820. The van der Waals surface area contributed by atoms with Crippen molar-refractivity contribution in [3.8, 4) is 0 Å². The Bertz CT molecular complexity index is 617. The van der Waals surface area contributed by atoms with Gasteiger partial charge in [-0.15, -0.1) is 0 Å². The predicted molar refractivity (Wildman–Crippen MR) is 80.4 cm³/mol. The van der Waals surface area contributed by atoms with Crippen molar-refractivity contribution < 1.29 is 14.3 Å². The van der Waals surface area contributed by atoms with Crippen LogP contribution in [0.15, 0.2) is 28.7 Å². The second-order valence-corrected chi connectivity index (χ2v) is 6.38. The van der Waals surface area contributed by atoms with Gasteiger partial charge in [-0.3, -0.25) is 0 Å². The fourth-order valence-corrected chi connectivity index (χ4v) is 3.84. The number of carboxylic acid groups (broad SMARTS) is 1. The molecule has 0 spiro atoms. The normalized spacial score (nSPS) is 18.7. The summed E-state index contributed by atoms with van der Waals surface area (Å²) in [5.41, 5.74) is 0.920. The highest BCUT2D eigenvalue weighted by atomic mass is 32.2. The summed E-state index contributed by atoms with van der Waals surface area (Å²) in [5, 5.41) is 14.0. The largest absolute Gasteiger partial charge is 0.478 e. The van der Waals surface area contributed by atoms with E-state index in [0.29, 0.717) is 28.5 Å². The van der Waals surface area contributed by atoms with E-state index < -0.39 is 5.97 Å². The zero-order valence-electron chi connectivity index (χ0n) is 11.1. The summed E-state index contributed by atoms with van der Waals surface area (Å²) in [6, 6.07) is 7.28. The molecule has 0 saturated carbocycles. The molecule has 0 radical (unpaired) electrons. The van der Waals surface area contributed by atoms with Crippen LogP contribution in [0.4, 0.5) is 0 Å². The third kappa shape index (κ3) is 2.69. The number of hydrogen-bond acceptors (Lipinski definition) is 4. The number of aromatic carboxylic acids is 1. The molecule has 1 aliphatic rings. The topological polar surface area (TPSA) is 62.5 Å². The number of hydrogen-bond donors (Lipinski definition) is 2. The lowest BCUT2D eigenvalue weighted by Gasteiger charge is -2.09. The van der Waals surface area contributed by atoms with E-state index in [-0.39, 0.29) is 5.56 Å². The van der Waals surface area contributed by atoms with Crippen molar-refractivity contribution in [2.24, 2.45) is 0 Å². The minimum absolute atomic E-state index is 0.284. The molecule has 5 heteroatoms. The zero-order valence-corrected chi connectivity index (χ0v) is 11.9. The third-order valence-electron chi connectivity index (χ3n) is 3.56. The summed E-state index contributed by atoms with van der Waals surface area (Å²) in [6.45, 7) is 1.37. The fourth-order valence-electron chi connectivity index (χ4n) is 2.61. The van der Waals surface area contributed by atoms with Gasteiger partial charge in [0.1, 0.15) is 16.9 Å². The summed E-state index contributed by atoms with van der Waals surface area (Å²) in [7, 11) is 0. The molecule has 20 heavy (non-hydrogen) atoms. The molecule has 1 aromatic carbocycles. The molecule has 0 aliphatic carbocycles. The molecule has 1 fully saturated rings. The van der Waals surface area contributed by atoms with Crippen molar-refractivity contribution in [1.29, 1.82) is 0 Å². The van der Waals surface area contributed by atoms with Crippen LogP contribution in [-0.4, -0.2) is 28.6 Å². The van der Waals surface area contributed by atoms with Crippen molar-refractivity contribution >= 4 is 28.7 Å². The molecule has 2 heterocycles. The minimum atomic E-state index is -0.929. The third-order valence-corrected chi connectivity index (χ3v) is 4.96. The number of para-hydroxylation sites is 1. The first-order chi connectivity index (χ1) is 9.75. The average molecular weight is 291 g/mol. The highest BCUT2D eigenvalue weighted by molar-refractivity contribution is 8.00. The maximum Gasteiger partial charge on any atom is 0.339 e. The van der Waals surface area contributed by atoms with Crippen LogP contribution in [0.3, 0.4) is 0 Å². The van der Waals surface area contributed by atoms with Gasteiger partial charge >= 0.3 is 5.97 Å². The first-order valence-electron chi connectivity index (χ1n) is 6.81. The molecule has 3 rings (SSSR count). The quantitative estimate of drug-likeness (QED) is 0.886. The first-order valence-corrected chi connectivity index (χ1v) is 7.86. The van der Waals surface area contributed by atoms with Gasteiger partial charge in [0.25, 0.3) is 0 Å². The summed E-state index contributed by atoms with van der Waals surface area (Å²) >= 11 is 1.98. The Balaban J connectivity index is 1.76. The number of carboxylic acids is 1. The molecule has 1 aliphatic heterocycles. The Morgan fingerprint density at radius 3 is 3.05 bits per heavy atom. The molecule has 1 saturated heterocycles. The lowest BCUT2D eigenvalue weighted by molar-refractivity contribution is 0.0696. The second kappa shape index (κ2) is 5.89. The van der Waals surface area contributed by atoms with Crippen molar-refractivity contribution in [2.45, 2.75) is 24.6 Å². The number of fused-ring (bicyclic) bond motifs is 1. The van der Waals surface area contributed by atoms with E-state index in [1.807, 2.05) is 23.9 Å².